The Balaban J connectivity index is 1.69. The van der Waals surface area contributed by atoms with E-state index in [-0.39, 0.29) is 29.6 Å². The number of carbonyl (C=O) groups is 3. The third-order valence-corrected chi connectivity index (χ3v) is 6.11. The molecule has 176 valence electrons. The van der Waals surface area contributed by atoms with Crippen LogP contribution < -0.4 is 14.4 Å². The quantitative estimate of drug-likeness (QED) is 0.310. The average molecular weight is 492 g/mol. The van der Waals surface area contributed by atoms with E-state index >= 15 is 0 Å². The number of hydrogen-bond donors (Lipinski definition) is 2. The summed E-state index contributed by atoms with van der Waals surface area (Å²) in [6, 6.07) is 16.9. The number of Topliss-reactive ketones (excluding diaryl/α,β-unsaturated/α-hetero) is 1. The average Bonchev–Trinajstić information content (AvgIpc) is 3.43. The second-order valence-electron chi connectivity index (χ2n) is 8.01. The van der Waals surface area contributed by atoms with Crippen molar-refractivity contribution in [3.8, 4) is 11.5 Å². The number of fused-ring (bicyclic) bond motifs is 1. The molecule has 1 atom stereocenters. The van der Waals surface area contributed by atoms with Crippen LogP contribution in [-0.2, 0) is 20.8 Å². The van der Waals surface area contributed by atoms with Crippen LogP contribution in [0.25, 0.3) is 5.76 Å². The van der Waals surface area contributed by atoms with Crippen LogP contribution in [0.4, 0.5) is 5.69 Å². The van der Waals surface area contributed by atoms with Crippen LogP contribution >= 0.6 is 11.6 Å². The van der Waals surface area contributed by atoms with Crippen LogP contribution in [0.5, 0.6) is 11.5 Å². The van der Waals surface area contributed by atoms with Crippen molar-refractivity contribution >= 4 is 40.7 Å². The van der Waals surface area contributed by atoms with E-state index < -0.39 is 23.7 Å². The SMILES string of the molecule is O=C(O)Cc1ccc(N2C(=O)C(=O)/C(=C(/O)c3ccccc3)C2c2cc(Cl)c3c(c2)OCO3)cc1. The van der Waals surface area contributed by atoms with Crippen LogP contribution in [0.15, 0.2) is 72.3 Å². The predicted molar refractivity (Wildman–Crippen MR) is 127 cm³/mol. The first kappa shape index (κ1) is 22.5. The highest BCUT2D eigenvalue weighted by atomic mass is 35.5. The minimum Gasteiger partial charge on any atom is -0.507 e. The van der Waals surface area contributed by atoms with Crippen molar-refractivity contribution in [2.45, 2.75) is 12.5 Å². The summed E-state index contributed by atoms with van der Waals surface area (Å²) in [5, 5.41) is 20.4. The zero-order chi connectivity index (χ0) is 24.7. The molecule has 2 aliphatic rings. The summed E-state index contributed by atoms with van der Waals surface area (Å²) in [6.45, 7) is -0.0201. The zero-order valence-corrected chi connectivity index (χ0v) is 18.9. The van der Waals surface area contributed by atoms with Gasteiger partial charge in [0, 0.05) is 11.3 Å². The van der Waals surface area contributed by atoms with E-state index in [2.05, 4.69) is 0 Å². The fraction of sp³-hybridized carbons (Fsp3) is 0.115. The third-order valence-electron chi connectivity index (χ3n) is 5.83. The second kappa shape index (κ2) is 8.81. The van der Waals surface area contributed by atoms with Crippen molar-refractivity contribution in [2.75, 3.05) is 11.7 Å². The Morgan fingerprint density at radius 3 is 2.40 bits per heavy atom. The first-order chi connectivity index (χ1) is 16.8. The number of carboxylic acid groups (broad SMARTS) is 1. The number of carboxylic acids is 1. The molecule has 0 spiro atoms. The number of aliphatic hydroxyl groups is 1. The maximum atomic E-state index is 13.3. The van der Waals surface area contributed by atoms with Crippen LogP contribution in [0.2, 0.25) is 5.02 Å². The number of ether oxygens (including phenoxy) is 2. The molecule has 8 nitrogen and oxygen atoms in total. The number of amides is 1. The number of hydrogen-bond acceptors (Lipinski definition) is 6. The van der Waals surface area contributed by atoms with Gasteiger partial charge in [0.25, 0.3) is 11.7 Å². The van der Waals surface area contributed by atoms with E-state index in [4.69, 9.17) is 26.2 Å². The van der Waals surface area contributed by atoms with Gasteiger partial charge in [-0.1, -0.05) is 54.1 Å². The first-order valence-electron chi connectivity index (χ1n) is 10.6. The molecule has 5 rings (SSSR count). The van der Waals surface area contributed by atoms with E-state index in [1.165, 1.54) is 4.90 Å². The minimum atomic E-state index is -1.02. The highest BCUT2D eigenvalue weighted by Gasteiger charge is 2.47. The van der Waals surface area contributed by atoms with E-state index in [0.29, 0.717) is 33.9 Å². The fourth-order valence-corrected chi connectivity index (χ4v) is 4.53. The van der Waals surface area contributed by atoms with E-state index in [1.807, 2.05) is 0 Å². The van der Waals surface area contributed by atoms with Crippen molar-refractivity contribution in [2.24, 2.45) is 0 Å². The molecule has 0 saturated carbocycles. The van der Waals surface area contributed by atoms with Gasteiger partial charge in [-0.2, -0.15) is 0 Å². The number of ketones is 1. The lowest BCUT2D eigenvalue weighted by molar-refractivity contribution is -0.136. The molecule has 0 aromatic heterocycles. The number of aliphatic hydroxyl groups excluding tert-OH is 1. The number of nitrogens with zero attached hydrogens (tertiary/aromatic N) is 1. The Kier molecular flexibility index (Phi) is 5.66. The van der Waals surface area contributed by atoms with Crippen molar-refractivity contribution in [1.29, 1.82) is 0 Å². The minimum absolute atomic E-state index is 0.0201. The Morgan fingerprint density at radius 2 is 1.71 bits per heavy atom. The van der Waals surface area contributed by atoms with Gasteiger partial charge < -0.3 is 19.7 Å². The van der Waals surface area contributed by atoms with Crippen LogP contribution in [0.1, 0.15) is 22.7 Å². The smallest absolute Gasteiger partial charge is 0.307 e. The van der Waals surface area contributed by atoms with Crippen LogP contribution in [0, 0.1) is 0 Å². The monoisotopic (exact) mass is 491 g/mol. The molecule has 1 fully saturated rings. The van der Waals surface area contributed by atoms with Gasteiger partial charge in [-0.25, -0.2) is 0 Å². The molecule has 9 heteroatoms. The largest absolute Gasteiger partial charge is 0.507 e. The molecule has 2 N–H and O–H groups in total. The van der Waals surface area contributed by atoms with Gasteiger partial charge in [-0.3, -0.25) is 19.3 Å². The molecule has 2 heterocycles. The Morgan fingerprint density at radius 1 is 1.00 bits per heavy atom. The normalized spacial score (nSPS) is 18.2. The van der Waals surface area contributed by atoms with Gasteiger partial charge >= 0.3 is 5.97 Å². The molecule has 0 bridgehead atoms. The summed E-state index contributed by atoms with van der Waals surface area (Å²) >= 11 is 6.41. The summed E-state index contributed by atoms with van der Waals surface area (Å²) in [4.78, 5) is 38.8. The Hall–Kier alpha value is -4.30. The Labute approximate surface area is 204 Å². The number of aliphatic carboxylic acids is 1. The molecule has 1 saturated heterocycles. The second-order valence-corrected chi connectivity index (χ2v) is 8.42. The van der Waals surface area contributed by atoms with E-state index in [0.717, 1.165) is 0 Å². The maximum Gasteiger partial charge on any atom is 0.307 e. The van der Waals surface area contributed by atoms with Gasteiger partial charge in [-0.15, -0.1) is 0 Å². The van der Waals surface area contributed by atoms with Gasteiger partial charge in [0.05, 0.1) is 23.1 Å². The summed E-state index contributed by atoms with van der Waals surface area (Å²) in [5.41, 5.74) is 1.59. The number of carbonyl (C=O) groups excluding carboxylic acids is 2. The van der Waals surface area contributed by atoms with Crippen molar-refractivity contribution in [3.63, 3.8) is 0 Å². The lowest BCUT2D eigenvalue weighted by Crippen LogP contribution is -2.29. The lowest BCUT2D eigenvalue weighted by Gasteiger charge is -2.26. The molecule has 0 aliphatic carbocycles. The first-order valence-corrected chi connectivity index (χ1v) is 11.0. The molecular formula is C26H18ClNO7. The van der Waals surface area contributed by atoms with Gasteiger partial charge in [0.2, 0.25) is 6.79 Å². The van der Waals surface area contributed by atoms with Crippen LogP contribution in [0.3, 0.4) is 0 Å². The number of halogens is 1. The van der Waals surface area contributed by atoms with Crippen molar-refractivity contribution in [3.05, 3.63) is 94.0 Å². The van der Waals surface area contributed by atoms with Crippen LogP contribution in [-0.4, -0.2) is 34.7 Å². The molecule has 35 heavy (non-hydrogen) atoms. The predicted octanol–water partition coefficient (Wildman–Crippen LogP) is 4.32. The number of rotatable bonds is 5. The summed E-state index contributed by atoms with van der Waals surface area (Å²) in [7, 11) is 0. The standard InChI is InChI=1S/C26H18ClNO7/c27-18-11-16(12-19-25(18)35-13-34-19)22-21(23(31)15-4-2-1-3-5-15)24(32)26(33)28(22)17-8-6-14(7-9-17)10-20(29)30/h1-9,11-12,22,31H,10,13H2,(H,29,30)/b23-21+. The summed E-state index contributed by atoms with van der Waals surface area (Å²) in [5.74, 6) is -2.31. The third kappa shape index (κ3) is 3.98. The van der Waals surface area contributed by atoms with Crippen molar-refractivity contribution in [1.82, 2.24) is 0 Å². The molecule has 1 unspecified atom stereocenters. The molecule has 1 amide bonds. The summed E-state index contributed by atoms with van der Waals surface area (Å²) in [6.07, 6.45) is -0.186. The fourth-order valence-electron chi connectivity index (χ4n) is 4.26. The molecule has 3 aromatic carbocycles. The molecule has 3 aromatic rings. The lowest BCUT2D eigenvalue weighted by atomic mass is 9.94. The zero-order valence-electron chi connectivity index (χ0n) is 18.1. The molecule has 0 radical (unpaired) electrons. The van der Waals surface area contributed by atoms with Gasteiger partial charge in [0.15, 0.2) is 11.5 Å². The maximum absolute atomic E-state index is 13.3. The molecular weight excluding hydrogens is 474 g/mol. The highest BCUT2D eigenvalue weighted by Crippen LogP contribution is 2.47. The number of benzene rings is 3. The summed E-state index contributed by atoms with van der Waals surface area (Å²) < 4.78 is 10.9. The van der Waals surface area contributed by atoms with Gasteiger partial charge in [0.1, 0.15) is 5.76 Å². The topological polar surface area (TPSA) is 113 Å². The van der Waals surface area contributed by atoms with E-state index in [9.17, 15) is 19.5 Å². The molecule has 2 aliphatic heterocycles. The van der Waals surface area contributed by atoms with Gasteiger partial charge in [-0.05, 0) is 35.4 Å². The van der Waals surface area contributed by atoms with E-state index in [1.54, 1.807) is 66.7 Å². The Bertz CT molecular complexity index is 1380. The van der Waals surface area contributed by atoms with Crippen molar-refractivity contribution < 1.29 is 34.1 Å². The highest BCUT2D eigenvalue weighted by molar-refractivity contribution is 6.51. The number of anilines is 1.